The van der Waals surface area contributed by atoms with E-state index in [1.54, 1.807) is 12.1 Å². The highest BCUT2D eigenvalue weighted by molar-refractivity contribution is 6.33. The van der Waals surface area contributed by atoms with Crippen LogP contribution in [0, 0.1) is 5.92 Å². The molecule has 1 saturated heterocycles. The lowest BCUT2D eigenvalue weighted by Gasteiger charge is -2.34. The Morgan fingerprint density at radius 2 is 1.65 bits per heavy atom. The number of carbonyl (C=O) groups is 2. The first kappa shape index (κ1) is 19.1. The zero-order valence-corrected chi connectivity index (χ0v) is 16.0. The van der Waals surface area contributed by atoms with Crippen LogP contribution in [0.25, 0.3) is 0 Å². The summed E-state index contributed by atoms with van der Waals surface area (Å²) in [6.45, 7) is 6.02. The van der Waals surface area contributed by atoms with Gasteiger partial charge in [-0.15, -0.1) is 0 Å². The number of nitrogens with one attached hydrogen (secondary N) is 2. The van der Waals surface area contributed by atoms with Crippen LogP contribution in [-0.4, -0.2) is 66.9 Å². The van der Waals surface area contributed by atoms with Gasteiger partial charge < -0.3 is 10.6 Å². The SMILES string of the molecule is C[C@H](NC(=O)CN1CCN(CC(=O)Nc2ccccc2Cl)CC1)C1CC1. The molecule has 2 N–H and O–H groups in total. The molecule has 1 aromatic carbocycles. The van der Waals surface area contributed by atoms with Gasteiger partial charge in [0.15, 0.2) is 0 Å². The number of anilines is 1. The molecule has 0 radical (unpaired) electrons. The highest BCUT2D eigenvalue weighted by atomic mass is 35.5. The van der Waals surface area contributed by atoms with Crippen molar-refractivity contribution in [3.05, 3.63) is 29.3 Å². The van der Waals surface area contributed by atoms with Crippen molar-refractivity contribution < 1.29 is 9.59 Å². The lowest BCUT2D eigenvalue weighted by molar-refractivity contribution is -0.124. The van der Waals surface area contributed by atoms with Gasteiger partial charge in [0.2, 0.25) is 11.8 Å². The monoisotopic (exact) mass is 378 g/mol. The lowest BCUT2D eigenvalue weighted by Crippen LogP contribution is -2.51. The normalized spacial score (nSPS) is 19.8. The minimum absolute atomic E-state index is 0.0671. The van der Waals surface area contributed by atoms with Crippen molar-refractivity contribution in [1.82, 2.24) is 15.1 Å². The van der Waals surface area contributed by atoms with Gasteiger partial charge in [0, 0.05) is 32.2 Å². The maximum atomic E-state index is 12.2. The zero-order chi connectivity index (χ0) is 18.5. The molecule has 3 rings (SSSR count). The minimum Gasteiger partial charge on any atom is -0.352 e. The van der Waals surface area contributed by atoms with E-state index in [0.717, 1.165) is 26.2 Å². The Morgan fingerprint density at radius 1 is 1.08 bits per heavy atom. The number of piperazine rings is 1. The summed E-state index contributed by atoms with van der Waals surface area (Å²) in [6.07, 6.45) is 2.47. The minimum atomic E-state index is -0.0671. The van der Waals surface area contributed by atoms with E-state index >= 15 is 0 Å². The van der Waals surface area contributed by atoms with E-state index in [-0.39, 0.29) is 17.9 Å². The number of rotatable bonds is 7. The van der Waals surface area contributed by atoms with Gasteiger partial charge in [-0.1, -0.05) is 23.7 Å². The topological polar surface area (TPSA) is 64.7 Å². The third kappa shape index (κ3) is 5.69. The van der Waals surface area contributed by atoms with Gasteiger partial charge >= 0.3 is 0 Å². The second-order valence-corrected chi connectivity index (χ2v) is 7.68. The molecular weight excluding hydrogens is 352 g/mol. The largest absolute Gasteiger partial charge is 0.352 e. The Morgan fingerprint density at radius 3 is 2.23 bits per heavy atom. The highest BCUT2D eigenvalue weighted by Gasteiger charge is 2.29. The van der Waals surface area contributed by atoms with E-state index in [0.29, 0.717) is 29.7 Å². The smallest absolute Gasteiger partial charge is 0.238 e. The quantitative estimate of drug-likeness (QED) is 0.759. The average Bonchev–Trinajstić information content (AvgIpc) is 3.44. The average molecular weight is 379 g/mol. The number of nitrogens with zero attached hydrogens (tertiary/aromatic N) is 2. The van der Waals surface area contributed by atoms with Crippen molar-refractivity contribution in [2.24, 2.45) is 5.92 Å². The molecule has 1 aliphatic heterocycles. The van der Waals surface area contributed by atoms with Crippen LogP contribution in [0.3, 0.4) is 0 Å². The Labute approximate surface area is 159 Å². The van der Waals surface area contributed by atoms with Crippen LogP contribution in [0.5, 0.6) is 0 Å². The van der Waals surface area contributed by atoms with Gasteiger partial charge in [0.25, 0.3) is 0 Å². The first-order valence-electron chi connectivity index (χ1n) is 9.29. The second kappa shape index (κ2) is 8.84. The summed E-state index contributed by atoms with van der Waals surface area (Å²) < 4.78 is 0. The molecular formula is C19H27ClN4O2. The zero-order valence-electron chi connectivity index (χ0n) is 15.2. The number of para-hydroxylation sites is 1. The van der Waals surface area contributed by atoms with E-state index < -0.39 is 0 Å². The molecule has 0 unspecified atom stereocenters. The molecule has 2 amide bonds. The number of benzene rings is 1. The molecule has 7 heteroatoms. The molecule has 26 heavy (non-hydrogen) atoms. The van der Waals surface area contributed by atoms with Crippen LogP contribution in [0.1, 0.15) is 19.8 Å². The fourth-order valence-electron chi connectivity index (χ4n) is 3.28. The molecule has 1 aliphatic carbocycles. The van der Waals surface area contributed by atoms with E-state index in [1.807, 2.05) is 12.1 Å². The summed E-state index contributed by atoms with van der Waals surface area (Å²) in [5, 5.41) is 6.48. The fraction of sp³-hybridized carbons (Fsp3) is 0.579. The van der Waals surface area contributed by atoms with Gasteiger partial charge in [-0.05, 0) is 37.8 Å². The highest BCUT2D eigenvalue weighted by Crippen LogP contribution is 2.32. The van der Waals surface area contributed by atoms with Crippen molar-refractivity contribution in [2.45, 2.75) is 25.8 Å². The van der Waals surface area contributed by atoms with Crippen molar-refractivity contribution >= 4 is 29.1 Å². The summed E-state index contributed by atoms with van der Waals surface area (Å²) in [6, 6.07) is 7.51. The molecule has 0 bridgehead atoms. The third-order valence-corrected chi connectivity index (χ3v) is 5.39. The van der Waals surface area contributed by atoms with E-state index in [2.05, 4.69) is 27.4 Å². The maximum Gasteiger partial charge on any atom is 0.238 e. The van der Waals surface area contributed by atoms with Crippen LogP contribution in [0.2, 0.25) is 5.02 Å². The van der Waals surface area contributed by atoms with Gasteiger partial charge in [0.1, 0.15) is 0 Å². The standard InChI is InChI=1S/C19H27ClN4O2/c1-14(15-6-7-15)21-18(25)12-23-8-10-24(11-9-23)13-19(26)22-17-5-3-2-4-16(17)20/h2-5,14-15H,6-13H2,1H3,(H,21,25)(H,22,26)/t14-/m0/s1. The van der Waals surface area contributed by atoms with Crippen LogP contribution in [-0.2, 0) is 9.59 Å². The first-order chi connectivity index (χ1) is 12.5. The summed E-state index contributed by atoms with van der Waals surface area (Å²) in [4.78, 5) is 28.6. The molecule has 142 valence electrons. The molecule has 1 aromatic rings. The Kier molecular flexibility index (Phi) is 6.51. The predicted molar refractivity (Wildman–Crippen MR) is 103 cm³/mol. The molecule has 2 aliphatic rings. The summed E-state index contributed by atoms with van der Waals surface area (Å²) in [7, 11) is 0. The predicted octanol–water partition coefficient (Wildman–Crippen LogP) is 1.81. The van der Waals surface area contributed by atoms with Crippen LogP contribution in [0.4, 0.5) is 5.69 Å². The summed E-state index contributed by atoms with van der Waals surface area (Å²) in [5.74, 6) is 0.712. The molecule has 0 spiro atoms. The number of hydrogen-bond donors (Lipinski definition) is 2. The fourth-order valence-corrected chi connectivity index (χ4v) is 3.46. The van der Waals surface area contributed by atoms with Crippen LogP contribution >= 0.6 is 11.6 Å². The van der Waals surface area contributed by atoms with Gasteiger partial charge in [-0.3, -0.25) is 19.4 Å². The summed E-state index contributed by atoms with van der Waals surface area (Å²) in [5.41, 5.74) is 0.638. The third-order valence-electron chi connectivity index (χ3n) is 5.07. The number of amides is 2. The van der Waals surface area contributed by atoms with Crippen LogP contribution in [0.15, 0.2) is 24.3 Å². The molecule has 6 nitrogen and oxygen atoms in total. The lowest BCUT2D eigenvalue weighted by atomic mass is 10.2. The Balaban J connectivity index is 1.36. The molecule has 1 atom stereocenters. The number of hydrogen-bond acceptors (Lipinski definition) is 4. The molecule has 0 aromatic heterocycles. The van der Waals surface area contributed by atoms with E-state index in [9.17, 15) is 9.59 Å². The van der Waals surface area contributed by atoms with Crippen LogP contribution < -0.4 is 10.6 Å². The van der Waals surface area contributed by atoms with Crippen molar-refractivity contribution in [3.8, 4) is 0 Å². The molecule has 1 saturated carbocycles. The Bertz CT molecular complexity index is 642. The van der Waals surface area contributed by atoms with E-state index in [1.165, 1.54) is 12.8 Å². The van der Waals surface area contributed by atoms with Gasteiger partial charge in [-0.2, -0.15) is 0 Å². The second-order valence-electron chi connectivity index (χ2n) is 7.27. The maximum absolute atomic E-state index is 12.2. The van der Waals surface area contributed by atoms with Gasteiger partial charge in [0.05, 0.1) is 23.8 Å². The van der Waals surface area contributed by atoms with Gasteiger partial charge in [-0.25, -0.2) is 0 Å². The number of halogens is 1. The summed E-state index contributed by atoms with van der Waals surface area (Å²) >= 11 is 6.07. The molecule has 1 heterocycles. The van der Waals surface area contributed by atoms with Crippen molar-refractivity contribution in [3.63, 3.8) is 0 Å². The number of carbonyl (C=O) groups excluding carboxylic acids is 2. The molecule has 2 fully saturated rings. The van der Waals surface area contributed by atoms with Crippen molar-refractivity contribution in [2.75, 3.05) is 44.6 Å². The Hall–Kier alpha value is -1.63. The first-order valence-corrected chi connectivity index (χ1v) is 9.67. The van der Waals surface area contributed by atoms with Crippen molar-refractivity contribution in [1.29, 1.82) is 0 Å². The van der Waals surface area contributed by atoms with E-state index in [4.69, 9.17) is 11.6 Å².